The summed E-state index contributed by atoms with van der Waals surface area (Å²) in [6, 6.07) is 13.3. The fourth-order valence-corrected chi connectivity index (χ4v) is 3.71. The number of rotatable bonds is 3. The number of benzene rings is 2. The summed E-state index contributed by atoms with van der Waals surface area (Å²) in [5, 5.41) is 13.9. The van der Waals surface area contributed by atoms with Crippen LogP contribution < -0.4 is 4.90 Å². The van der Waals surface area contributed by atoms with E-state index in [4.69, 9.17) is 0 Å². The first kappa shape index (κ1) is 20.8. The number of nitrogens with zero attached hydrogens (tertiary/aromatic N) is 4. The molecule has 1 N–H and O–H groups in total. The van der Waals surface area contributed by atoms with E-state index >= 15 is 0 Å². The highest BCUT2D eigenvalue weighted by Crippen LogP contribution is 2.34. The van der Waals surface area contributed by atoms with Crippen LogP contribution >= 0.6 is 0 Å². The van der Waals surface area contributed by atoms with E-state index in [0.29, 0.717) is 18.8 Å². The lowest BCUT2D eigenvalue weighted by atomic mass is 10.1. The lowest BCUT2D eigenvalue weighted by Crippen LogP contribution is -2.49. The van der Waals surface area contributed by atoms with Crippen LogP contribution in [0, 0.1) is 6.92 Å². The van der Waals surface area contributed by atoms with Crippen molar-refractivity contribution in [1.29, 1.82) is 0 Å². The molecule has 2 heterocycles. The smallest absolute Gasteiger partial charge is 0.434 e. The molecule has 1 fully saturated rings. The van der Waals surface area contributed by atoms with Crippen LogP contribution in [0.3, 0.4) is 0 Å². The van der Waals surface area contributed by atoms with Crippen molar-refractivity contribution in [2.45, 2.75) is 13.1 Å². The topological polar surface area (TPSA) is 61.6 Å². The Morgan fingerprint density at radius 2 is 1.65 bits per heavy atom. The summed E-state index contributed by atoms with van der Waals surface area (Å²) in [4.78, 5) is 16.3. The molecule has 3 aromatic rings. The summed E-state index contributed by atoms with van der Waals surface area (Å²) >= 11 is 0. The van der Waals surface area contributed by atoms with Crippen LogP contribution in [0.5, 0.6) is 5.75 Å². The lowest BCUT2D eigenvalue weighted by molar-refractivity contribution is -0.143. The summed E-state index contributed by atoms with van der Waals surface area (Å²) in [5.41, 5.74) is 0.232. The van der Waals surface area contributed by atoms with Crippen molar-refractivity contribution in [2.75, 3.05) is 31.1 Å². The number of aromatic nitrogens is 2. The molecule has 0 atom stereocenters. The second-order valence-corrected chi connectivity index (χ2v) is 7.42. The number of alkyl halides is 3. The van der Waals surface area contributed by atoms with E-state index in [1.807, 2.05) is 11.8 Å². The number of piperazine rings is 1. The maximum absolute atomic E-state index is 13.9. The van der Waals surface area contributed by atoms with Crippen molar-refractivity contribution in [2.24, 2.45) is 0 Å². The largest absolute Gasteiger partial charge is 0.506 e. The van der Waals surface area contributed by atoms with Gasteiger partial charge in [-0.15, -0.1) is 0 Å². The molecule has 6 nitrogen and oxygen atoms in total. The van der Waals surface area contributed by atoms with Crippen molar-refractivity contribution < 1.29 is 23.1 Å². The van der Waals surface area contributed by atoms with Crippen molar-refractivity contribution in [3.05, 3.63) is 71.5 Å². The highest BCUT2D eigenvalue weighted by molar-refractivity contribution is 5.95. The van der Waals surface area contributed by atoms with Gasteiger partial charge in [0, 0.05) is 26.2 Å². The first-order chi connectivity index (χ1) is 14.8. The Kier molecular flexibility index (Phi) is 5.34. The van der Waals surface area contributed by atoms with E-state index in [1.165, 1.54) is 17.0 Å². The molecule has 0 saturated carbocycles. The van der Waals surface area contributed by atoms with Gasteiger partial charge in [0.25, 0.3) is 5.91 Å². The summed E-state index contributed by atoms with van der Waals surface area (Å²) in [7, 11) is 0. The standard InChI is InChI=1S/C22H21F3N4O2/c1-15-6-8-16(9-7-15)29-20(22(23,24)25)17(14-26-29)21(31)28-12-10-27(11-13-28)18-4-2-3-5-19(18)30/h2-9,14,30H,10-13H2,1H3. The molecule has 31 heavy (non-hydrogen) atoms. The zero-order valence-electron chi connectivity index (χ0n) is 16.8. The fourth-order valence-electron chi connectivity index (χ4n) is 3.71. The van der Waals surface area contributed by atoms with Crippen molar-refractivity contribution in [3.8, 4) is 11.4 Å². The summed E-state index contributed by atoms with van der Waals surface area (Å²) in [6.45, 7) is 3.11. The maximum Gasteiger partial charge on any atom is 0.434 e. The van der Waals surface area contributed by atoms with Gasteiger partial charge >= 0.3 is 6.18 Å². The fraction of sp³-hybridized carbons (Fsp3) is 0.273. The molecule has 1 aliphatic heterocycles. The Bertz CT molecular complexity index is 1080. The van der Waals surface area contributed by atoms with Crippen LogP contribution in [0.25, 0.3) is 5.69 Å². The molecule has 0 unspecified atom stereocenters. The lowest BCUT2D eigenvalue weighted by Gasteiger charge is -2.36. The van der Waals surface area contributed by atoms with Gasteiger partial charge in [-0.3, -0.25) is 4.79 Å². The SMILES string of the molecule is Cc1ccc(-n2ncc(C(=O)N3CCN(c4ccccc4O)CC3)c2C(F)(F)F)cc1. The minimum Gasteiger partial charge on any atom is -0.506 e. The van der Waals surface area contributed by atoms with Gasteiger partial charge in [-0.2, -0.15) is 18.3 Å². The Hall–Kier alpha value is -3.49. The van der Waals surface area contributed by atoms with E-state index in [2.05, 4.69) is 5.10 Å². The van der Waals surface area contributed by atoms with Gasteiger partial charge in [-0.1, -0.05) is 29.8 Å². The number of phenols is 1. The molecule has 1 amide bonds. The van der Waals surface area contributed by atoms with Gasteiger partial charge < -0.3 is 14.9 Å². The third-order valence-electron chi connectivity index (χ3n) is 5.34. The number of carbonyl (C=O) groups is 1. The van der Waals surface area contributed by atoms with Crippen LogP contribution in [0.1, 0.15) is 21.6 Å². The van der Waals surface area contributed by atoms with Crippen LogP contribution in [-0.2, 0) is 6.18 Å². The zero-order valence-corrected chi connectivity index (χ0v) is 16.8. The summed E-state index contributed by atoms with van der Waals surface area (Å²) in [6.07, 6.45) is -3.76. The average molecular weight is 430 g/mol. The number of aryl methyl sites for hydroxylation is 1. The molecular formula is C22H21F3N4O2. The number of carbonyl (C=O) groups excluding carboxylic acids is 1. The van der Waals surface area contributed by atoms with Gasteiger partial charge in [0.15, 0.2) is 5.69 Å². The van der Waals surface area contributed by atoms with Crippen molar-refractivity contribution >= 4 is 11.6 Å². The molecule has 1 aliphatic rings. The predicted molar refractivity (Wildman–Crippen MR) is 110 cm³/mol. The Morgan fingerprint density at radius 3 is 2.26 bits per heavy atom. The highest BCUT2D eigenvalue weighted by atomic mass is 19.4. The van der Waals surface area contributed by atoms with Gasteiger partial charge in [-0.05, 0) is 31.2 Å². The Labute approximate surface area is 177 Å². The summed E-state index contributed by atoms with van der Waals surface area (Å²) < 4.78 is 42.5. The third kappa shape index (κ3) is 4.08. The minimum atomic E-state index is -4.75. The number of hydrogen-bond acceptors (Lipinski definition) is 4. The first-order valence-corrected chi connectivity index (χ1v) is 9.80. The Balaban J connectivity index is 1.58. The Morgan fingerprint density at radius 1 is 1.00 bits per heavy atom. The first-order valence-electron chi connectivity index (χ1n) is 9.80. The number of halogens is 3. The number of aromatic hydroxyl groups is 1. The van der Waals surface area contributed by atoms with Gasteiger partial charge in [0.1, 0.15) is 5.75 Å². The molecule has 0 radical (unpaired) electrons. The maximum atomic E-state index is 13.9. The second-order valence-electron chi connectivity index (χ2n) is 7.42. The van der Waals surface area contributed by atoms with E-state index in [0.717, 1.165) is 16.4 Å². The van der Waals surface area contributed by atoms with Crippen molar-refractivity contribution in [1.82, 2.24) is 14.7 Å². The molecule has 0 bridgehead atoms. The molecular weight excluding hydrogens is 409 g/mol. The molecule has 0 spiro atoms. The number of hydrogen-bond donors (Lipinski definition) is 1. The molecule has 1 saturated heterocycles. The number of phenolic OH excluding ortho intramolecular Hbond substituents is 1. The average Bonchev–Trinajstić information content (AvgIpc) is 3.20. The molecule has 4 rings (SSSR count). The number of para-hydroxylation sites is 2. The van der Waals surface area contributed by atoms with E-state index in [9.17, 15) is 23.1 Å². The minimum absolute atomic E-state index is 0.126. The van der Waals surface area contributed by atoms with E-state index in [1.54, 1.807) is 36.4 Å². The molecule has 1 aromatic heterocycles. The van der Waals surface area contributed by atoms with E-state index < -0.39 is 23.3 Å². The van der Waals surface area contributed by atoms with Gasteiger partial charge in [0.2, 0.25) is 0 Å². The van der Waals surface area contributed by atoms with Crippen LogP contribution in [-0.4, -0.2) is 51.9 Å². The normalized spacial score (nSPS) is 14.7. The number of amides is 1. The highest BCUT2D eigenvalue weighted by Gasteiger charge is 2.41. The van der Waals surface area contributed by atoms with E-state index in [-0.39, 0.29) is 24.5 Å². The third-order valence-corrected chi connectivity index (χ3v) is 5.34. The monoisotopic (exact) mass is 430 g/mol. The second kappa shape index (κ2) is 7.98. The van der Waals surface area contributed by atoms with Gasteiger partial charge in [0.05, 0.1) is 23.1 Å². The number of anilines is 1. The van der Waals surface area contributed by atoms with Crippen LogP contribution in [0.4, 0.5) is 18.9 Å². The zero-order chi connectivity index (χ0) is 22.2. The van der Waals surface area contributed by atoms with Crippen LogP contribution in [0.2, 0.25) is 0 Å². The van der Waals surface area contributed by atoms with Crippen LogP contribution in [0.15, 0.2) is 54.7 Å². The molecule has 0 aliphatic carbocycles. The summed E-state index contributed by atoms with van der Waals surface area (Å²) in [5.74, 6) is -0.580. The predicted octanol–water partition coefficient (Wildman–Crippen LogP) is 3.87. The molecule has 9 heteroatoms. The van der Waals surface area contributed by atoms with Gasteiger partial charge in [-0.25, -0.2) is 4.68 Å². The quantitative estimate of drug-likeness (QED) is 0.686. The molecule has 2 aromatic carbocycles. The molecule has 162 valence electrons. The van der Waals surface area contributed by atoms with Crippen molar-refractivity contribution in [3.63, 3.8) is 0 Å².